The number of nitrogens with zero attached hydrogens (tertiary/aromatic N) is 2. The second-order valence-corrected chi connectivity index (χ2v) is 5.50. The number of pyridine rings is 1. The molecule has 1 amide bonds. The molecular weight excluding hydrogens is 282 g/mol. The van der Waals surface area contributed by atoms with Crippen molar-refractivity contribution in [1.29, 1.82) is 0 Å². The second kappa shape index (κ2) is 6.55. The number of H-pyrrole nitrogens is 1. The second-order valence-electron chi connectivity index (χ2n) is 5.50. The summed E-state index contributed by atoms with van der Waals surface area (Å²) in [6.07, 6.45) is 5.58. The molecule has 2 aromatic heterocycles. The number of fused-ring (bicyclic) bond motifs is 1. The average molecular weight is 301 g/mol. The van der Waals surface area contributed by atoms with Gasteiger partial charge in [0, 0.05) is 25.2 Å². The van der Waals surface area contributed by atoms with Crippen LogP contribution in [-0.2, 0) is 4.79 Å². The van der Waals surface area contributed by atoms with Gasteiger partial charge in [0.25, 0.3) is 5.56 Å². The highest BCUT2D eigenvalue weighted by Crippen LogP contribution is 2.26. The van der Waals surface area contributed by atoms with Crippen molar-refractivity contribution in [1.82, 2.24) is 20.5 Å². The Kier molecular flexibility index (Phi) is 4.32. The van der Waals surface area contributed by atoms with Crippen LogP contribution in [0.15, 0.2) is 23.1 Å². The van der Waals surface area contributed by atoms with Crippen molar-refractivity contribution in [3.8, 4) is 0 Å². The number of aromatic amines is 1. The molecule has 0 radical (unpaired) electrons. The van der Waals surface area contributed by atoms with Crippen LogP contribution in [-0.4, -0.2) is 34.2 Å². The highest BCUT2D eigenvalue weighted by molar-refractivity contribution is 5.87. The molecule has 3 N–H and O–H groups in total. The van der Waals surface area contributed by atoms with Crippen LogP contribution >= 0.6 is 0 Å². The molecule has 1 fully saturated rings. The van der Waals surface area contributed by atoms with Gasteiger partial charge < -0.3 is 10.6 Å². The number of aromatic nitrogens is 3. The number of carbonyl (C=O) groups is 1. The Hall–Kier alpha value is -2.44. The monoisotopic (exact) mass is 301 g/mol. The lowest BCUT2D eigenvalue weighted by Crippen LogP contribution is -2.35. The number of hydrogen-bond acceptors (Lipinski definition) is 5. The van der Waals surface area contributed by atoms with Gasteiger partial charge in [0.05, 0.1) is 5.39 Å². The van der Waals surface area contributed by atoms with E-state index in [1.165, 1.54) is 6.42 Å². The molecule has 0 bridgehead atoms. The average Bonchev–Trinajstić information content (AvgIpc) is 2.47. The minimum atomic E-state index is -0.297. The van der Waals surface area contributed by atoms with Crippen LogP contribution in [0.5, 0.6) is 0 Å². The zero-order valence-corrected chi connectivity index (χ0v) is 12.3. The normalized spacial score (nSPS) is 14.5. The van der Waals surface area contributed by atoms with Gasteiger partial charge in [0.1, 0.15) is 5.52 Å². The van der Waals surface area contributed by atoms with Crippen molar-refractivity contribution >= 4 is 22.6 Å². The van der Waals surface area contributed by atoms with E-state index in [4.69, 9.17) is 0 Å². The largest absolute Gasteiger partial charge is 0.368 e. The Bertz CT molecular complexity index is 723. The SMILES string of the molecule is O=C(NCCCNc1n[nH]c(=O)c2ncccc12)C1CCC1. The van der Waals surface area contributed by atoms with Gasteiger partial charge in [-0.25, -0.2) is 5.10 Å². The molecule has 0 aliphatic heterocycles. The Labute approximate surface area is 127 Å². The van der Waals surface area contributed by atoms with E-state index >= 15 is 0 Å². The first-order valence-electron chi connectivity index (χ1n) is 7.60. The van der Waals surface area contributed by atoms with E-state index in [-0.39, 0.29) is 17.4 Å². The molecule has 3 rings (SSSR count). The summed E-state index contributed by atoms with van der Waals surface area (Å²) in [6.45, 7) is 1.30. The van der Waals surface area contributed by atoms with E-state index < -0.39 is 0 Å². The van der Waals surface area contributed by atoms with Crippen LogP contribution in [0, 0.1) is 5.92 Å². The molecule has 0 spiro atoms. The molecule has 7 nitrogen and oxygen atoms in total. The number of rotatable bonds is 6. The van der Waals surface area contributed by atoms with Gasteiger partial charge in [-0.15, -0.1) is 0 Å². The van der Waals surface area contributed by atoms with Gasteiger partial charge in [-0.3, -0.25) is 14.6 Å². The van der Waals surface area contributed by atoms with Crippen molar-refractivity contribution in [3.63, 3.8) is 0 Å². The van der Waals surface area contributed by atoms with Gasteiger partial charge in [-0.1, -0.05) is 6.42 Å². The standard InChI is InChI=1S/C15H19N5O2/c21-14(10-4-1-5-10)18-9-3-8-17-13-11-6-2-7-16-12(11)15(22)20-19-13/h2,6-7,10H,1,3-5,8-9H2,(H,17,19)(H,18,21)(H,20,22). The Morgan fingerprint density at radius 1 is 1.36 bits per heavy atom. The number of nitrogens with one attached hydrogen (secondary N) is 3. The van der Waals surface area contributed by atoms with Crippen LogP contribution in [0.4, 0.5) is 5.82 Å². The summed E-state index contributed by atoms with van der Waals surface area (Å²) in [7, 11) is 0. The van der Waals surface area contributed by atoms with E-state index in [1.54, 1.807) is 12.3 Å². The topological polar surface area (TPSA) is 99.8 Å². The lowest BCUT2D eigenvalue weighted by atomic mass is 9.85. The molecule has 22 heavy (non-hydrogen) atoms. The predicted molar refractivity (Wildman–Crippen MR) is 83.6 cm³/mol. The maximum atomic E-state index is 11.7. The van der Waals surface area contributed by atoms with Gasteiger partial charge in [0.15, 0.2) is 5.82 Å². The number of hydrogen-bond donors (Lipinski definition) is 3. The van der Waals surface area contributed by atoms with Crippen molar-refractivity contribution in [3.05, 3.63) is 28.7 Å². The minimum Gasteiger partial charge on any atom is -0.368 e. The Balaban J connectivity index is 1.50. The lowest BCUT2D eigenvalue weighted by molar-refractivity contribution is -0.127. The zero-order chi connectivity index (χ0) is 15.4. The highest BCUT2D eigenvalue weighted by Gasteiger charge is 2.24. The smallest absolute Gasteiger partial charge is 0.290 e. The molecule has 2 heterocycles. The molecule has 1 saturated carbocycles. The predicted octanol–water partition coefficient (Wildman–Crippen LogP) is 1.04. The molecule has 0 aromatic carbocycles. The first-order valence-corrected chi connectivity index (χ1v) is 7.60. The number of carbonyl (C=O) groups excluding carboxylic acids is 1. The first-order chi connectivity index (χ1) is 10.8. The van der Waals surface area contributed by atoms with E-state index in [9.17, 15) is 9.59 Å². The maximum Gasteiger partial charge on any atom is 0.290 e. The van der Waals surface area contributed by atoms with Crippen LogP contribution < -0.4 is 16.2 Å². The molecule has 0 saturated heterocycles. The fourth-order valence-electron chi connectivity index (χ4n) is 2.45. The summed E-state index contributed by atoms with van der Waals surface area (Å²) in [5.41, 5.74) is 0.0761. The summed E-state index contributed by atoms with van der Waals surface area (Å²) in [5, 5.41) is 13.3. The van der Waals surface area contributed by atoms with Gasteiger partial charge in [0.2, 0.25) is 5.91 Å². The van der Waals surface area contributed by atoms with Crippen LogP contribution in [0.3, 0.4) is 0 Å². The van der Waals surface area contributed by atoms with Crippen molar-refractivity contribution in [2.75, 3.05) is 18.4 Å². The van der Waals surface area contributed by atoms with Crippen molar-refractivity contribution in [2.24, 2.45) is 5.92 Å². The summed E-state index contributed by atoms with van der Waals surface area (Å²) >= 11 is 0. The van der Waals surface area contributed by atoms with Crippen molar-refractivity contribution in [2.45, 2.75) is 25.7 Å². The Morgan fingerprint density at radius 3 is 3.00 bits per heavy atom. The third-order valence-electron chi connectivity index (χ3n) is 3.97. The molecule has 1 aliphatic carbocycles. The molecule has 0 unspecified atom stereocenters. The lowest BCUT2D eigenvalue weighted by Gasteiger charge is -2.24. The number of anilines is 1. The third kappa shape index (κ3) is 3.08. The summed E-state index contributed by atoms with van der Waals surface area (Å²) in [6, 6.07) is 3.58. The molecule has 1 aliphatic rings. The van der Waals surface area contributed by atoms with E-state index in [0.29, 0.717) is 29.8 Å². The van der Waals surface area contributed by atoms with E-state index in [1.807, 2.05) is 6.07 Å². The van der Waals surface area contributed by atoms with E-state index in [2.05, 4.69) is 25.8 Å². The Morgan fingerprint density at radius 2 is 2.23 bits per heavy atom. The molecular formula is C15H19N5O2. The summed E-state index contributed by atoms with van der Waals surface area (Å²) in [5.74, 6) is 1.000. The van der Waals surface area contributed by atoms with Gasteiger partial charge in [-0.2, -0.15) is 5.10 Å². The molecule has 116 valence electrons. The van der Waals surface area contributed by atoms with Crippen LogP contribution in [0.1, 0.15) is 25.7 Å². The quantitative estimate of drug-likeness (QED) is 0.692. The summed E-state index contributed by atoms with van der Waals surface area (Å²) in [4.78, 5) is 27.4. The van der Waals surface area contributed by atoms with Crippen LogP contribution in [0.2, 0.25) is 0 Å². The number of amides is 1. The molecule has 2 aromatic rings. The maximum absolute atomic E-state index is 11.7. The van der Waals surface area contributed by atoms with Crippen molar-refractivity contribution < 1.29 is 4.79 Å². The highest BCUT2D eigenvalue weighted by atomic mass is 16.2. The minimum absolute atomic E-state index is 0.170. The first kappa shape index (κ1) is 14.5. The molecule has 7 heteroatoms. The van der Waals surface area contributed by atoms with Crippen LogP contribution in [0.25, 0.3) is 10.9 Å². The summed E-state index contributed by atoms with van der Waals surface area (Å²) < 4.78 is 0. The third-order valence-corrected chi connectivity index (χ3v) is 3.97. The molecule has 0 atom stereocenters. The fraction of sp³-hybridized carbons (Fsp3) is 0.467. The zero-order valence-electron chi connectivity index (χ0n) is 12.3. The fourth-order valence-corrected chi connectivity index (χ4v) is 2.45. The van der Waals surface area contributed by atoms with Gasteiger partial charge in [-0.05, 0) is 31.4 Å². The van der Waals surface area contributed by atoms with E-state index in [0.717, 1.165) is 19.3 Å². The van der Waals surface area contributed by atoms with Gasteiger partial charge >= 0.3 is 0 Å².